The third kappa shape index (κ3) is 5.31. The second-order valence-electron chi connectivity index (χ2n) is 12.5. The lowest BCUT2D eigenvalue weighted by atomic mass is 9.84. The summed E-state index contributed by atoms with van der Waals surface area (Å²) in [5, 5.41) is 1.27. The number of fused-ring (bicyclic) bond motifs is 6. The summed E-state index contributed by atoms with van der Waals surface area (Å²) in [5.74, 6) is 0.824. The number of carbonyl (C=O) groups excluding carboxylic acids is 1. The van der Waals surface area contributed by atoms with E-state index in [1.807, 2.05) is 35.2 Å². The molecular weight excluding hydrogens is 532 g/mol. The fourth-order valence-electron chi connectivity index (χ4n) is 8.01. The van der Waals surface area contributed by atoms with Gasteiger partial charge < -0.3 is 24.4 Å². The Morgan fingerprint density at radius 2 is 1.77 bits per heavy atom. The number of hydrogen-bond donors (Lipinski definition) is 1. The Morgan fingerprint density at radius 1 is 0.930 bits per heavy atom. The zero-order valence-electron chi connectivity index (χ0n) is 25.6. The van der Waals surface area contributed by atoms with E-state index in [1.54, 1.807) is 0 Å². The van der Waals surface area contributed by atoms with E-state index in [1.165, 1.54) is 51.9 Å². The zero-order chi connectivity index (χ0) is 29.3. The van der Waals surface area contributed by atoms with Gasteiger partial charge in [-0.2, -0.15) is 0 Å². The fourth-order valence-corrected chi connectivity index (χ4v) is 8.01. The van der Waals surface area contributed by atoms with E-state index in [0.29, 0.717) is 31.7 Å². The smallest absolute Gasteiger partial charge is 0.410 e. The Hall–Kier alpha value is -3.77. The highest BCUT2D eigenvalue weighted by Gasteiger charge is 2.41. The summed E-state index contributed by atoms with van der Waals surface area (Å²) in [6.07, 6.45) is 3.73. The standard InChI is InChI=1S/C37H44N4O2/c1-3-39-21-19-35-32(24-39)31-23-27(16-17-34(31)41(35)4-2)28-14-10-20-40(37(42)43-25-26-11-6-5-7-12-26)22-18-30-29-13-8-9-15-33(29)38-36(28)30/h5-9,11-13,15-17,23,28,32,35,38H,3-4,10,14,18-22,24-25H2,1-2H3/t28?,32-,35-/m1/s1. The molecule has 4 aromatic rings. The lowest BCUT2D eigenvalue weighted by molar-refractivity contribution is 0.0960. The first-order chi connectivity index (χ1) is 21.1. The van der Waals surface area contributed by atoms with E-state index < -0.39 is 0 Å². The fraction of sp³-hybridized carbons (Fsp3) is 0.432. The van der Waals surface area contributed by atoms with Crippen LogP contribution >= 0.6 is 0 Å². The number of aromatic amines is 1. The molecule has 1 aromatic heterocycles. The Kier molecular flexibility index (Phi) is 7.87. The summed E-state index contributed by atoms with van der Waals surface area (Å²) in [7, 11) is 0. The van der Waals surface area contributed by atoms with Crippen LogP contribution in [0.2, 0.25) is 0 Å². The van der Waals surface area contributed by atoms with Gasteiger partial charge in [0.25, 0.3) is 0 Å². The third-order valence-corrected chi connectivity index (χ3v) is 10.2. The van der Waals surface area contributed by atoms with E-state index in [4.69, 9.17) is 4.74 Å². The number of para-hydroxylation sites is 1. The number of rotatable bonds is 5. The largest absolute Gasteiger partial charge is 0.445 e. The minimum absolute atomic E-state index is 0.218. The summed E-state index contributed by atoms with van der Waals surface area (Å²) in [6.45, 7) is 10.8. The molecule has 4 heterocycles. The maximum Gasteiger partial charge on any atom is 0.410 e. The van der Waals surface area contributed by atoms with Crippen molar-refractivity contribution in [3.63, 3.8) is 0 Å². The Balaban J connectivity index is 1.20. The number of nitrogens with zero attached hydrogens (tertiary/aromatic N) is 3. The summed E-state index contributed by atoms with van der Waals surface area (Å²) in [5.41, 5.74) is 9.22. The van der Waals surface area contributed by atoms with Crippen molar-refractivity contribution in [2.75, 3.05) is 44.2 Å². The summed E-state index contributed by atoms with van der Waals surface area (Å²) < 4.78 is 5.78. The molecule has 1 amide bonds. The van der Waals surface area contributed by atoms with E-state index in [-0.39, 0.29) is 12.0 Å². The molecule has 6 heteroatoms. The van der Waals surface area contributed by atoms with Crippen molar-refractivity contribution in [3.05, 3.63) is 101 Å². The number of likely N-dealkylation sites (tertiary alicyclic amines) is 1. The number of anilines is 1. The maximum absolute atomic E-state index is 13.3. The van der Waals surface area contributed by atoms with Gasteiger partial charge in [0.05, 0.1) is 0 Å². The predicted molar refractivity (Wildman–Crippen MR) is 174 cm³/mol. The molecular formula is C37H44N4O2. The molecule has 0 bridgehead atoms. The zero-order valence-corrected chi connectivity index (χ0v) is 25.6. The van der Waals surface area contributed by atoms with Crippen LogP contribution in [0, 0.1) is 0 Å². The second kappa shape index (κ2) is 12.1. The van der Waals surface area contributed by atoms with Gasteiger partial charge in [-0.3, -0.25) is 0 Å². The second-order valence-corrected chi connectivity index (χ2v) is 12.5. The lowest BCUT2D eigenvalue weighted by Crippen LogP contribution is -2.46. The molecule has 1 saturated heterocycles. The van der Waals surface area contributed by atoms with Crippen LogP contribution in [0.1, 0.15) is 72.9 Å². The first-order valence-corrected chi connectivity index (χ1v) is 16.3. The molecule has 3 aromatic carbocycles. The van der Waals surface area contributed by atoms with Crippen LogP contribution in [-0.2, 0) is 17.8 Å². The van der Waals surface area contributed by atoms with Gasteiger partial charge in [-0.1, -0.05) is 67.6 Å². The van der Waals surface area contributed by atoms with E-state index in [0.717, 1.165) is 44.5 Å². The number of ether oxygens (including phenoxy) is 1. The summed E-state index contributed by atoms with van der Waals surface area (Å²) >= 11 is 0. The van der Waals surface area contributed by atoms with Crippen molar-refractivity contribution < 1.29 is 9.53 Å². The van der Waals surface area contributed by atoms with Gasteiger partial charge in [-0.15, -0.1) is 0 Å². The van der Waals surface area contributed by atoms with E-state index in [9.17, 15) is 4.79 Å². The van der Waals surface area contributed by atoms with Crippen molar-refractivity contribution in [2.24, 2.45) is 0 Å². The van der Waals surface area contributed by atoms with Gasteiger partial charge in [0.1, 0.15) is 6.61 Å². The van der Waals surface area contributed by atoms with E-state index in [2.05, 4.69) is 71.1 Å². The predicted octanol–water partition coefficient (Wildman–Crippen LogP) is 7.29. The number of piperidine rings is 1. The lowest BCUT2D eigenvalue weighted by Gasteiger charge is -2.38. The van der Waals surface area contributed by atoms with Crippen LogP contribution in [0.5, 0.6) is 0 Å². The molecule has 3 aliphatic heterocycles. The third-order valence-electron chi connectivity index (χ3n) is 10.2. The van der Waals surface area contributed by atoms with Crippen LogP contribution in [-0.4, -0.2) is 66.2 Å². The van der Waals surface area contributed by atoms with Gasteiger partial charge in [0.15, 0.2) is 0 Å². The molecule has 43 heavy (non-hydrogen) atoms. The number of hydrogen-bond acceptors (Lipinski definition) is 4. The molecule has 7 rings (SSSR count). The van der Waals surface area contributed by atoms with Crippen molar-refractivity contribution in [1.29, 1.82) is 0 Å². The van der Waals surface area contributed by atoms with Crippen molar-refractivity contribution in [2.45, 2.75) is 64.0 Å². The van der Waals surface area contributed by atoms with Gasteiger partial charge in [0, 0.05) is 72.9 Å². The number of carbonyl (C=O) groups is 1. The topological polar surface area (TPSA) is 51.8 Å². The highest BCUT2D eigenvalue weighted by molar-refractivity contribution is 5.85. The highest BCUT2D eigenvalue weighted by atomic mass is 16.6. The molecule has 0 aliphatic carbocycles. The average molecular weight is 577 g/mol. The Morgan fingerprint density at radius 3 is 2.60 bits per heavy atom. The molecule has 0 saturated carbocycles. The number of nitrogens with one attached hydrogen (secondary N) is 1. The van der Waals surface area contributed by atoms with Crippen molar-refractivity contribution in [3.8, 4) is 0 Å². The van der Waals surface area contributed by atoms with Gasteiger partial charge >= 0.3 is 6.09 Å². The van der Waals surface area contributed by atoms with Crippen molar-refractivity contribution >= 4 is 22.7 Å². The van der Waals surface area contributed by atoms with Gasteiger partial charge in [0.2, 0.25) is 0 Å². The minimum atomic E-state index is -0.218. The normalized spacial score (nSPS) is 22.3. The molecule has 224 valence electrons. The Bertz CT molecular complexity index is 1580. The first-order valence-electron chi connectivity index (χ1n) is 16.3. The molecule has 3 aliphatic rings. The SMILES string of the molecule is CCN1CC[C@@H]2[C@H](C1)c1cc(C3CCCN(C(=O)OCc4ccccc4)CCc4c3[nH]c3ccccc43)ccc1N2CC. The number of likely N-dealkylation sites (N-methyl/N-ethyl adjacent to an activating group) is 2. The van der Waals surface area contributed by atoms with Crippen LogP contribution in [0.15, 0.2) is 72.8 Å². The number of amides is 1. The number of H-pyrrole nitrogens is 1. The molecule has 0 spiro atoms. The van der Waals surface area contributed by atoms with E-state index >= 15 is 0 Å². The monoisotopic (exact) mass is 576 g/mol. The van der Waals surface area contributed by atoms with Crippen LogP contribution < -0.4 is 4.90 Å². The molecule has 1 fully saturated rings. The number of benzene rings is 3. The summed E-state index contributed by atoms with van der Waals surface area (Å²) in [6, 6.07) is 26.5. The van der Waals surface area contributed by atoms with Crippen LogP contribution in [0.25, 0.3) is 10.9 Å². The quantitative estimate of drug-likeness (QED) is 0.271. The first kappa shape index (κ1) is 28.0. The van der Waals surface area contributed by atoms with Crippen LogP contribution in [0.4, 0.5) is 10.5 Å². The van der Waals surface area contributed by atoms with Crippen molar-refractivity contribution in [1.82, 2.24) is 14.8 Å². The molecule has 3 atom stereocenters. The number of aromatic nitrogens is 1. The summed E-state index contributed by atoms with van der Waals surface area (Å²) in [4.78, 5) is 24.3. The average Bonchev–Trinajstić information content (AvgIpc) is 3.59. The maximum atomic E-state index is 13.3. The molecule has 6 nitrogen and oxygen atoms in total. The molecule has 1 unspecified atom stereocenters. The highest BCUT2D eigenvalue weighted by Crippen LogP contribution is 2.47. The minimum Gasteiger partial charge on any atom is -0.445 e. The van der Waals surface area contributed by atoms with Crippen LogP contribution in [0.3, 0.4) is 0 Å². The molecule has 1 N–H and O–H groups in total. The van der Waals surface area contributed by atoms with Gasteiger partial charge in [-0.05, 0) is 73.5 Å². The Labute approximate surface area is 255 Å². The van der Waals surface area contributed by atoms with Gasteiger partial charge in [-0.25, -0.2) is 4.79 Å². The molecule has 0 radical (unpaired) electrons.